The molecular formula is C24H26F3N3O. The first-order chi connectivity index (χ1) is 14.7. The lowest BCUT2D eigenvalue weighted by molar-refractivity contribution is -0.137. The molecule has 4 rings (SSSR count). The zero-order chi connectivity index (χ0) is 22.2. The van der Waals surface area contributed by atoms with E-state index in [1.807, 2.05) is 0 Å². The average molecular weight is 429 g/mol. The lowest BCUT2D eigenvalue weighted by Gasteiger charge is -2.30. The van der Waals surface area contributed by atoms with Crippen LogP contribution in [0.25, 0.3) is 11.4 Å². The van der Waals surface area contributed by atoms with Crippen LogP contribution in [0.5, 0.6) is 0 Å². The van der Waals surface area contributed by atoms with E-state index in [4.69, 9.17) is 0 Å². The molecule has 1 aromatic heterocycles. The number of allylic oxidation sites excluding steroid dienone is 2. The molecule has 1 aliphatic heterocycles. The summed E-state index contributed by atoms with van der Waals surface area (Å²) in [5.41, 5.74) is 3.56. The fourth-order valence-corrected chi connectivity index (χ4v) is 4.34. The van der Waals surface area contributed by atoms with Crippen molar-refractivity contribution in [2.24, 2.45) is 5.92 Å². The molecule has 0 saturated carbocycles. The summed E-state index contributed by atoms with van der Waals surface area (Å²) in [6.07, 6.45) is 1.79. The van der Waals surface area contributed by atoms with E-state index in [0.717, 1.165) is 50.2 Å². The number of rotatable bonds is 4. The molecule has 2 aliphatic rings. The van der Waals surface area contributed by atoms with E-state index in [0.29, 0.717) is 35.8 Å². The Balaban J connectivity index is 1.48. The van der Waals surface area contributed by atoms with Crippen LogP contribution in [0.15, 0.2) is 52.9 Å². The van der Waals surface area contributed by atoms with Crippen LogP contribution < -0.4 is 5.56 Å². The Morgan fingerprint density at radius 3 is 2.61 bits per heavy atom. The molecular weight excluding hydrogens is 403 g/mol. The van der Waals surface area contributed by atoms with Crippen molar-refractivity contribution >= 4 is 0 Å². The van der Waals surface area contributed by atoms with Crippen LogP contribution in [0.2, 0.25) is 0 Å². The third-order valence-electron chi connectivity index (χ3n) is 6.26. The van der Waals surface area contributed by atoms with Crippen molar-refractivity contribution in [1.29, 1.82) is 0 Å². The molecule has 0 saturated heterocycles. The number of benzene rings is 1. The van der Waals surface area contributed by atoms with Crippen LogP contribution in [-0.2, 0) is 19.1 Å². The summed E-state index contributed by atoms with van der Waals surface area (Å²) in [5.74, 6) is 0.883. The highest BCUT2D eigenvalue weighted by molar-refractivity contribution is 5.56. The molecule has 2 aromatic rings. The molecule has 164 valence electrons. The molecule has 0 fully saturated rings. The Labute approximate surface area is 179 Å². The standard InChI is InChI=1S/C24H26F3N3O/c1-15(2)17-5-3-16(4-6-17)13-30-12-11-21-20(14-30)23(31)29-22(28-21)18-7-9-19(10-8-18)24(25,26)27/h3,7-10,17H,1,4-6,11-14H2,2H3,(H,28,29,31). The third-order valence-corrected chi connectivity index (χ3v) is 6.26. The predicted octanol–water partition coefficient (Wildman–Crippen LogP) is 5.12. The van der Waals surface area contributed by atoms with Crippen molar-refractivity contribution in [3.63, 3.8) is 0 Å². The minimum absolute atomic E-state index is 0.218. The van der Waals surface area contributed by atoms with Crippen LogP contribution in [-0.4, -0.2) is 28.0 Å². The van der Waals surface area contributed by atoms with Gasteiger partial charge < -0.3 is 4.98 Å². The largest absolute Gasteiger partial charge is 0.416 e. The molecule has 31 heavy (non-hydrogen) atoms. The van der Waals surface area contributed by atoms with Gasteiger partial charge in [0.15, 0.2) is 0 Å². The first-order valence-electron chi connectivity index (χ1n) is 10.6. The van der Waals surface area contributed by atoms with Gasteiger partial charge in [0.2, 0.25) is 0 Å². The molecule has 0 radical (unpaired) electrons. The van der Waals surface area contributed by atoms with Crippen molar-refractivity contribution in [1.82, 2.24) is 14.9 Å². The van der Waals surface area contributed by atoms with E-state index in [-0.39, 0.29) is 5.56 Å². The first-order valence-corrected chi connectivity index (χ1v) is 10.6. The van der Waals surface area contributed by atoms with Gasteiger partial charge in [-0.25, -0.2) is 4.98 Å². The second-order valence-corrected chi connectivity index (χ2v) is 8.56. The highest BCUT2D eigenvalue weighted by atomic mass is 19.4. The van der Waals surface area contributed by atoms with Gasteiger partial charge in [0.1, 0.15) is 5.82 Å². The fraction of sp³-hybridized carbons (Fsp3) is 0.417. The van der Waals surface area contributed by atoms with E-state index < -0.39 is 11.7 Å². The highest BCUT2D eigenvalue weighted by Gasteiger charge is 2.30. The molecule has 1 aromatic carbocycles. The van der Waals surface area contributed by atoms with Crippen molar-refractivity contribution in [2.45, 2.75) is 45.3 Å². The van der Waals surface area contributed by atoms with Crippen LogP contribution in [0.3, 0.4) is 0 Å². The molecule has 0 bridgehead atoms. The predicted molar refractivity (Wildman–Crippen MR) is 115 cm³/mol. The summed E-state index contributed by atoms with van der Waals surface area (Å²) in [4.78, 5) is 22.3. The quantitative estimate of drug-likeness (QED) is 0.687. The summed E-state index contributed by atoms with van der Waals surface area (Å²) in [6, 6.07) is 4.70. The van der Waals surface area contributed by atoms with E-state index >= 15 is 0 Å². The Hall–Kier alpha value is -2.67. The number of nitrogens with one attached hydrogen (secondary N) is 1. The summed E-state index contributed by atoms with van der Waals surface area (Å²) >= 11 is 0. The molecule has 2 heterocycles. The van der Waals surface area contributed by atoms with E-state index in [1.54, 1.807) is 0 Å². The van der Waals surface area contributed by atoms with Crippen molar-refractivity contribution in [3.8, 4) is 11.4 Å². The number of H-pyrrole nitrogens is 1. The summed E-state index contributed by atoms with van der Waals surface area (Å²) in [6.45, 7) is 8.34. The van der Waals surface area contributed by atoms with Gasteiger partial charge in [-0.1, -0.05) is 35.9 Å². The molecule has 7 heteroatoms. The SMILES string of the molecule is C=C(C)C1CC=C(CN2CCc3nc(-c4ccc(C(F)(F)F)cc4)[nH]c(=O)c3C2)CC1. The van der Waals surface area contributed by atoms with Gasteiger partial charge in [0.05, 0.1) is 16.8 Å². The van der Waals surface area contributed by atoms with Crippen LogP contribution >= 0.6 is 0 Å². The smallest absolute Gasteiger partial charge is 0.306 e. The molecule has 1 aliphatic carbocycles. The number of aromatic amines is 1. The number of halogens is 3. The maximum atomic E-state index is 12.8. The van der Waals surface area contributed by atoms with Gasteiger partial charge in [0, 0.05) is 31.6 Å². The second kappa shape index (κ2) is 8.46. The zero-order valence-electron chi connectivity index (χ0n) is 17.6. The number of aromatic nitrogens is 2. The van der Waals surface area contributed by atoms with Gasteiger partial charge in [-0.3, -0.25) is 9.69 Å². The van der Waals surface area contributed by atoms with Crippen LogP contribution in [0.1, 0.15) is 43.0 Å². The topological polar surface area (TPSA) is 49.0 Å². The van der Waals surface area contributed by atoms with Crippen molar-refractivity contribution < 1.29 is 13.2 Å². The van der Waals surface area contributed by atoms with Gasteiger partial charge in [-0.05, 0) is 44.2 Å². The monoisotopic (exact) mass is 429 g/mol. The van der Waals surface area contributed by atoms with Gasteiger partial charge >= 0.3 is 6.18 Å². The van der Waals surface area contributed by atoms with Crippen molar-refractivity contribution in [2.75, 3.05) is 13.1 Å². The maximum absolute atomic E-state index is 12.8. The Bertz CT molecular complexity index is 1070. The summed E-state index contributed by atoms with van der Waals surface area (Å²) < 4.78 is 38.4. The van der Waals surface area contributed by atoms with Gasteiger partial charge in [-0.2, -0.15) is 13.2 Å². The maximum Gasteiger partial charge on any atom is 0.416 e. The lowest BCUT2D eigenvalue weighted by Crippen LogP contribution is -2.37. The van der Waals surface area contributed by atoms with E-state index in [1.165, 1.54) is 23.3 Å². The average Bonchev–Trinajstić information content (AvgIpc) is 2.74. The molecule has 0 spiro atoms. The van der Waals surface area contributed by atoms with Crippen molar-refractivity contribution in [3.05, 3.63) is 75.2 Å². The Kier molecular flexibility index (Phi) is 5.88. The Morgan fingerprint density at radius 2 is 2.00 bits per heavy atom. The number of nitrogens with zero attached hydrogens (tertiary/aromatic N) is 2. The van der Waals surface area contributed by atoms with E-state index in [9.17, 15) is 18.0 Å². The number of hydrogen-bond donors (Lipinski definition) is 1. The minimum atomic E-state index is -4.39. The molecule has 1 N–H and O–H groups in total. The number of hydrogen-bond acceptors (Lipinski definition) is 3. The molecule has 1 unspecified atom stereocenters. The summed E-state index contributed by atoms with van der Waals surface area (Å²) in [5, 5.41) is 0. The van der Waals surface area contributed by atoms with Gasteiger partial charge in [-0.15, -0.1) is 0 Å². The first kappa shape index (κ1) is 21.6. The Morgan fingerprint density at radius 1 is 1.26 bits per heavy atom. The number of fused-ring (bicyclic) bond motifs is 1. The highest BCUT2D eigenvalue weighted by Crippen LogP contribution is 2.31. The normalized spacial score (nSPS) is 19.6. The zero-order valence-corrected chi connectivity index (χ0v) is 17.6. The third kappa shape index (κ3) is 4.82. The van der Waals surface area contributed by atoms with Gasteiger partial charge in [0.25, 0.3) is 5.56 Å². The van der Waals surface area contributed by atoms with E-state index in [2.05, 4.69) is 34.4 Å². The minimum Gasteiger partial charge on any atom is -0.306 e. The molecule has 0 amide bonds. The number of alkyl halides is 3. The lowest BCUT2D eigenvalue weighted by atomic mass is 9.85. The summed E-state index contributed by atoms with van der Waals surface area (Å²) in [7, 11) is 0. The molecule has 1 atom stereocenters. The van der Waals surface area contributed by atoms with Crippen LogP contribution in [0.4, 0.5) is 13.2 Å². The van der Waals surface area contributed by atoms with Crippen LogP contribution in [0, 0.1) is 5.92 Å². The fourth-order valence-electron chi connectivity index (χ4n) is 4.34. The second-order valence-electron chi connectivity index (χ2n) is 8.56. The molecule has 4 nitrogen and oxygen atoms in total.